The number of nitrogens with zero attached hydrogens (tertiary/aromatic N) is 3. The van der Waals surface area contributed by atoms with Crippen LogP contribution in [0, 0.1) is 5.92 Å². The topological polar surface area (TPSA) is 85.8 Å². The molecule has 0 fully saturated rings. The molecule has 6 nitrogen and oxygen atoms in total. The minimum absolute atomic E-state index is 0.208. The third-order valence-corrected chi connectivity index (χ3v) is 2.83. The normalized spacial score (nSPS) is 12.4. The predicted octanol–water partition coefficient (Wildman–Crippen LogP) is 1.58. The number of carbonyl (C=O) groups is 1. The van der Waals surface area contributed by atoms with E-state index in [1.165, 1.54) is 0 Å². The molecule has 0 saturated carbocycles. The van der Waals surface area contributed by atoms with Gasteiger partial charge in [0.15, 0.2) is 5.82 Å². The minimum atomic E-state index is -0.527. The summed E-state index contributed by atoms with van der Waals surface area (Å²) in [5.74, 6) is 0.734. The Morgan fingerprint density at radius 2 is 2.20 bits per heavy atom. The Morgan fingerprint density at radius 3 is 2.85 bits per heavy atom. The fourth-order valence-electron chi connectivity index (χ4n) is 1.91. The molecule has 2 aromatic heterocycles. The Hall–Kier alpha value is -2.21. The highest BCUT2D eigenvalue weighted by atomic mass is 16.2. The van der Waals surface area contributed by atoms with Crippen LogP contribution in [-0.2, 0) is 4.79 Å². The van der Waals surface area contributed by atoms with Crippen molar-refractivity contribution in [2.45, 2.75) is 26.3 Å². The maximum Gasteiger partial charge on any atom is 0.241 e. The lowest BCUT2D eigenvalue weighted by molar-refractivity contribution is -0.117. The van der Waals surface area contributed by atoms with E-state index in [2.05, 4.69) is 15.4 Å². The Balaban J connectivity index is 2.16. The average Bonchev–Trinajstić information content (AvgIpc) is 2.92. The zero-order chi connectivity index (χ0) is 14.5. The van der Waals surface area contributed by atoms with Crippen LogP contribution >= 0.6 is 0 Å². The first-order chi connectivity index (χ1) is 9.58. The number of aromatic nitrogens is 3. The second kappa shape index (κ2) is 6.29. The summed E-state index contributed by atoms with van der Waals surface area (Å²) >= 11 is 0. The van der Waals surface area contributed by atoms with E-state index in [4.69, 9.17) is 5.73 Å². The van der Waals surface area contributed by atoms with Crippen molar-refractivity contribution < 1.29 is 4.79 Å². The number of nitrogens with two attached hydrogens (primary N) is 1. The van der Waals surface area contributed by atoms with Gasteiger partial charge in [0, 0.05) is 18.6 Å². The second-order valence-corrected chi connectivity index (χ2v) is 5.05. The molecule has 2 heterocycles. The molecule has 2 rings (SSSR count). The zero-order valence-corrected chi connectivity index (χ0v) is 11.7. The maximum atomic E-state index is 12.1. The molecule has 0 aliphatic rings. The highest BCUT2D eigenvalue weighted by Gasteiger charge is 2.17. The van der Waals surface area contributed by atoms with Crippen LogP contribution in [0.1, 0.15) is 20.3 Å². The molecule has 106 valence electrons. The molecule has 1 amide bonds. The van der Waals surface area contributed by atoms with Crippen molar-refractivity contribution in [1.82, 2.24) is 14.8 Å². The van der Waals surface area contributed by atoms with Crippen LogP contribution in [0.2, 0.25) is 0 Å². The standard InChI is InChI=1S/C14H19N5O/c1-10(2)9-11(15)14(20)18-12-5-3-6-16-13(12)19-8-4-7-17-19/h3-8,10-11H,9,15H2,1-2H3,(H,18,20)/t11-/m0/s1. The van der Waals surface area contributed by atoms with Crippen LogP contribution in [0.15, 0.2) is 36.8 Å². The number of hydrogen-bond donors (Lipinski definition) is 2. The van der Waals surface area contributed by atoms with Crippen molar-refractivity contribution in [3.8, 4) is 5.82 Å². The Kier molecular flexibility index (Phi) is 4.47. The van der Waals surface area contributed by atoms with E-state index in [9.17, 15) is 4.79 Å². The van der Waals surface area contributed by atoms with Gasteiger partial charge in [-0.05, 0) is 30.5 Å². The van der Waals surface area contributed by atoms with Crippen molar-refractivity contribution in [2.75, 3.05) is 5.32 Å². The van der Waals surface area contributed by atoms with Gasteiger partial charge in [-0.25, -0.2) is 9.67 Å². The van der Waals surface area contributed by atoms with E-state index in [1.54, 1.807) is 41.5 Å². The second-order valence-electron chi connectivity index (χ2n) is 5.05. The largest absolute Gasteiger partial charge is 0.322 e. The Bertz CT molecular complexity index is 565. The fourth-order valence-corrected chi connectivity index (χ4v) is 1.91. The van der Waals surface area contributed by atoms with Gasteiger partial charge in [-0.2, -0.15) is 5.10 Å². The van der Waals surface area contributed by atoms with Crippen molar-refractivity contribution in [2.24, 2.45) is 11.7 Å². The Morgan fingerprint density at radius 1 is 1.40 bits per heavy atom. The molecule has 0 spiro atoms. The molecule has 0 saturated heterocycles. The molecule has 20 heavy (non-hydrogen) atoms. The highest BCUT2D eigenvalue weighted by Crippen LogP contribution is 2.16. The first-order valence-corrected chi connectivity index (χ1v) is 6.59. The lowest BCUT2D eigenvalue weighted by Gasteiger charge is -2.15. The van der Waals surface area contributed by atoms with Crippen LogP contribution < -0.4 is 11.1 Å². The van der Waals surface area contributed by atoms with Gasteiger partial charge in [0.05, 0.1) is 11.7 Å². The molecule has 0 aliphatic heterocycles. The molecular weight excluding hydrogens is 254 g/mol. The number of carbonyl (C=O) groups excluding carboxylic acids is 1. The highest BCUT2D eigenvalue weighted by molar-refractivity contribution is 5.95. The SMILES string of the molecule is CC(C)C[C@H](N)C(=O)Nc1cccnc1-n1cccn1. The molecule has 0 aliphatic carbocycles. The van der Waals surface area contributed by atoms with Gasteiger partial charge >= 0.3 is 0 Å². The van der Waals surface area contributed by atoms with Crippen LogP contribution in [0.5, 0.6) is 0 Å². The van der Waals surface area contributed by atoms with Crippen LogP contribution in [0.4, 0.5) is 5.69 Å². The van der Waals surface area contributed by atoms with Crippen molar-refractivity contribution in [1.29, 1.82) is 0 Å². The number of rotatable bonds is 5. The number of amides is 1. The van der Waals surface area contributed by atoms with Gasteiger partial charge in [0.25, 0.3) is 0 Å². The van der Waals surface area contributed by atoms with Crippen molar-refractivity contribution in [3.05, 3.63) is 36.8 Å². The Labute approximate surface area is 118 Å². The molecule has 0 radical (unpaired) electrons. The van der Waals surface area contributed by atoms with E-state index >= 15 is 0 Å². The zero-order valence-electron chi connectivity index (χ0n) is 11.7. The quantitative estimate of drug-likeness (QED) is 0.866. The fraction of sp³-hybridized carbons (Fsp3) is 0.357. The average molecular weight is 273 g/mol. The van der Waals surface area contributed by atoms with Crippen LogP contribution in [-0.4, -0.2) is 26.7 Å². The molecule has 2 aromatic rings. The van der Waals surface area contributed by atoms with E-state index in [-0.39, 0.29) is 5.91 Å². The summed E-state index contributed by atoms with van der Waals surface area (Å²) in [6.45, 7) is 4.07. The van der Waals surface area contributed by atoms with Gasteiger partial charge in [-0.3, -0.25) is 4.79 Å². The predicted molar refractivity (Wildman–Crippen MR) is 77.4 cm³/mol. The summed E-state index contributed by atoms with van der Waals surface area (Å²) in [5, 5.41) is 6.94. The van der Waals surface area contributed by atoms with Crippen molar-refractivity contribution in [3.63, 3.8) is 0 Å². The maximum absolute atomic E-state index is 12.1. The van der Waals surface area contributed by atoms with E-state index in [0.29, 0.717) is 23.8 Å². The number of anilines is 1. The molecule has 0 unspecified atom stereocenters. The summed E-state index contributed by atoms with van der Waals surface area (Å²) in [7, 11) is 0. The lowest BCUT2D eigenvalue weighted by atomic mass is 10.0. The third-order valence-electron chi connectivity index (χ3n) is 2.83. The van der Waals surface area contributed by atoms with E-state index in [0.717, 1.165) is 0 Å². The van der Waals surface area contributed by atoms with Crippen LogP contribution in [0.25, 0.3) is 5.82 Å². The molecule has 0 aromatic carbocycles. The molecule has 6 heteroatoms. The van der Waals surface area contributed by atoms with E-state index < -0.39 is 6.04 Å². The molecule has 0 bridgehead atoms. The molecule has 3 N–H and O–H groups in total. The monoisotopic (exact) mass is 273 g/mol. The van der Waals surface area contributed by atoms with Crippen LogP contribution in [0.3, 0.4) is 0 Å². The first-order valence-electron chi connectivity index (χ1n) is 6.59. The number of pyridine rings is 1. The first kappa shape index (κ1) is 14.2. The lowest BCUT2D eigenvalue weighted by Crippen LogP contribution is -2.37. The summed E-state index contributed by atoms with van der Waals surface area (Å²) in [6, 6.07) is 4.81. The van der Waals surface area contributed by atoms with Gasteiger partial charge in [-0.1, -0.05) is 13.8 Å². The van der Waals surface area contributed by atoms with E-state index in [1.807, 2.05) is 13.8 Å². The van der Waals surface area contributed by atoms with Gasteiger partial charge in [-0.15, -0.1) is 0 Å². The van der Waals surface area contributed by atoms with Crippen molar-refractivity contribution >= 4 is 11.6 Å². The summed E-state index contributed by atoms with van der Waals surface area (Å²) in [5.41, 5.74) is 6.48. The van der Waals surface area contributed by atoms with Gasteiger partial charge in [0.2, 0.25) is 5.91 Å². The number of nitrogens with one attached hydrogen (secondary N) is 1. The summed E-state index contributed by atoms with van der Waals surface area (Å²) in [4.78, 5) is 16.3. The molecule has 1 atom stereocenters. The van der Waals surface area contributed by atoms with Gasteiger partial charge < -0.3 is 11.1 Å². The number of hydrogen-bond acceptors (Lipinski definition) is 4. The summed E-state index contributed by atoms with van der Waals surface area (Å²) < 4.78 is 1.60. The minimum Gasteiger partial charge on any atom is -0.322 e. The third kappa shape index (κ3) is 3.42. The molecular formula is C14H19N5O. The summed E-state index contributed by atoms with van der Waals surface area (Å²) in [6.07, 6.45) is 5.72. The van der Waals surface area contributed by atoms with Gasteiger partial charge in [0.1, 0.15) is 0 Å². The smallest absolute Gasteiger partial charge is 0.241 e.